The van der Waals surface area contributed by atoms with E-state index in [1.165, 1.54) is 0 Å². The quantitative estimate of drug-likeness (QED) is 0.448. The van der Waals surface area contributed by atoms with Crippen LogP contribution in [0.15, 0.2) is 83.4 Å². The van der Waals surface area contributed by atoms with Gasteiger partial charge in [-0.05, 0) is 35.9 Å². The lowest BCUT2D eigenvalue weighted by Crippen LogP contribution is -2.13. The van der Waals surface area contributed by atoms with E-state index in [9.17, 15) is 4.79 Å². The third kappa shape index (κ3) is 5.04. The number of amides is 1. The summed E-state index contributed by atoms with van der Waals surface area (Å²) in [5.41, 5.74) is 2.08. The highest BCUT2D eigenvalue weighted by molar-refractivity contribution is 6.31. The van der Waals surface area contributed by atoms with Crippen LogP contribution in [0.4, 0.5) is 5.69 Å². The van der Waals surface area contributed by atoms with E-state index in [0.29, 0.717) is 40.2 Å². The van der Waals surface area contributed by atoms with Gasteiger partial charge in [0, 0.05) is 17.1 Å². The van der Waals surface area contributed by atoms with E-state index < -0.39 is 0 Å². The van der Waals surface area contributed by atoms with Gasteiger partial charge in [0.2, 0.25) is 0 Å². The molecule has 0 bridgehead atoms. The predicted octanol–water partition coefficient (Wildman–Crippen LogP) is 5.15. The van der Waals surface area contributed by atoms with Crippen LogP contribution in [0.5, 0.6) is 5.75 Å². The summed E-state index contributed by atoms with van der Waals surface area (Å²) >= 11 is 6.08. The van der Waals surface area contributed by atoms with Gasteiger partial charge in [-0.3, -0.25) is 4.79 Å². The molecule has 7 heteroatoms. The Labute approximate surface area is 178 Å². The number of ether oxygens (including phenoxy) is 1. The summed E-state index contributed by atoms with van der Waals surface area (Å²) in [5.74, 6) is 0.938. The molecular weight excluding hydrogens is 402 g/mol. The van der Waals surface area contributed by atoms with Crippen molar-refractivity contribution in [3.63, 3.8) is 0 Å². The van der Waals surface area contributed by atoms with E-state index in [0.717, 1.165) is 5.56 Å². The fraction of sp³-hybridized carbons (Fsp3) is 0.0870. The van der Waals surface area contributed by atoms with Gasteiger partial charge in [0.05, 0.1) is 5.56 Å². The third-order valence-corrected chi connectivity index (χ3v) is 4.52. The van der Waals surface area contributed by atoms with Gasteiger partial charge in [0.1, 0.15) is 5.75 Å². The van der Waals surface area contributed by atoms with Crippen LogP contribution in [-0.4, -0.2) is 16.0 Å². The molecule has 0 unspecified atom stereocenters. The smallest absolute Gasteiger partial charge is 0.264 e. The van der Waals surface area contributed by atoms with Gasteiger partial charge in [0.15, 0.2) is 12.4 Å². The normalized spacial score (nSPS) is 10.6. The van der Waals surface area contributed by atoms with Gasteiger partial charge < -0.3 is 14.6 Å². The Kier molecular flexibility index (Phi) is 6.06. The van der Waals surface area contributed by atoms with Crippen molar-refractivity contribution in [2.45, 2.75) is 13.0 Å². The van der Waals surface area contributed by atoms with Crippen molar-refractivity contribution in [3.05, 3.63) is 107 Å². The fourth-order valence-electron chi connectivity index (χ4n) is 2.86. The fourth-order valence-corrected chi connectivity index (χ4v) is 3.04. The molecule has 0 saturated heterocycles. The molecule has 30 heavy (non-hydrogen) atoms. The van der Waals surface area contributed by atoms with Crippen LogP contribution in [0.1, 0.15) is 27.6 Å². The molecule has 0 aliphatic carbocycles. The second-order valence-corrected chi connectivity index (χ2v) is 6.95. The molecule has 6 nitrogen and oxygen atoms in total. The number of aromatic nitrogens is 2. The molecule has 4 aromatic rings. The summed E-state index contributed by atoms with van der Waals surface area (Å²) < 4.78 is 11.1. The number of benzene rings is 3. The number of hydrogen-bond acceptors (Lipinski definition) is 5. The molecule has 0 aliphatic heterocycles. The molecule has 1 amide bonds. The number of para-hydroxylation sites is 1. The highest BCUT2D eigenvalue weighted by Crippen LogP contribution is 2.25. The third-order valence-electron chi connectivity index (χ3n) is 4.28. The van der Waals surface area contributed by atoms with Crippen molar-refractivity contribution in [1.29, 1.82) is 0 Å². The molecule has 0 atom stereocenters. The molecule has 0 aliphatic rings. The lowest BCUT2D eigenvalue weighted by atomic mass is 10.1. The van der Waals surface area contributed by atoms with Crippen molar-refractivity contribution in [2.75, 3.05) is 5.32 Å². The number of anilines is 1. The van der Waals surface area contributed by atoms with E-state index in [4.69, 9.17) is 20.9 Å². The standard InChI is InChI=1S/C23H18ClN3O3/c24-17-11-12-20(19(14-17)23(28)25-18-9-5-2-6-10-18)29-15-22-26-21(27-30-22)13-16-7-3-1-4-8-16/h1-12,14H,13,15H2,(H,25,28). The Morgan fingerprint density at radius 2 is 1.73 bits per heavy atom. The molecule has 0 spiro atoms. The molecule has 1 heterocycles. The first kappa shape index (κ1) is 19.7. The molecule has 150 valence electrons. The number of nitrogens with one attached hydrogen (secondary N) is 1. The lowest BCUT2D eigenvalue weighted by molar-refractivity contribution is 0.102. The zero-order chi connectivity index (χ0) is 20.8. The van der Waals surface area contributed by atoms with Gasteiger partial charge in [-0.25, -0.2) is 0 Å². The Hall–Kier alpha value is -3.64. The summed E-state index contributed by atoms with van der Waals surface area (Å²) in [6, 6.07) is 23.9. The monoisotopic (exact) mass is 419 g/mol. The van der Waals surface area contributed by atoms with Crippen molar-refractivity contribution < 1.29 is 14.1 Å². The maximum atomic E-state index is 12.7. The van der Waals surface area contributed by atoms with E-state index in [1.807, 2.05) is 48.5 Å². The van der Waals surface area contributed by atoms with Crippen LogP contribution < -0.4 is 10.1 Å². The maximum absolute atomic E-state index is 12.7. The summed E-state index contributed by atoms with van der Waals surface area (Å²) in [5, 5.41) is 7.24. The Balaban J connectivity index is 1.44. The van der Waals surface area contributed by atoms with Crippen LogP contribution in [0, 0.1) is 0 Å². The van der Waals surface area contributed by atoms with Gasteiger partial charge in [-0.1, -0.05) is 65.3 Å². The van der Waals surface area contributed by atoms with E-state index in [-0.39, 0.29) is 12.5 Å². The van der Waals surface area contributed by atoms with Crippen molar-refractivity contribution in [1.82, 2.24) is 10.1 Å². The SMILES string of the molecule is O=C(Nc1ccccc1)c1cc(Cl)ccc1OCc1nc(Cc2ccccc2)no1. The first-order valence-electron chi connectivity index (χ1n) is 9.31. The van der Waals surface area contributed by atoms with Gasteiger partial charge in [-0.15, -0.1) is 0 Å². The second kappa shape index (κ2) is 9.24. The number of carbonyl (C=O) groups is 1. The highest BCUT2D eigenvalue weighted by Gasteiger charge is 2.15. The minimum atomic E-state index is -0.325. The van der Waals surface area contributed by atoms with Crippen LogP contribution in [0.3, 0.4) is 0 Å². The molecule has 0 saturated carbocycles. The van der Waals surface area contributed by atoms with Crippen LogP contribution in [0.25, 0.3) is 0 Å². The number of carbonyl (C=O) groups excluding carboxylic acids is 1. The molecule has 3 aromatic carbocycles. The maximum Gasteiger partial charge on any atom is 0.264 e. The summed E-state index contributed by atoms with van der Waals surface area (Å²) in [4.78, 5) is 17.1. The minimum Gasteiger partial charge on any atom is -0.483 e. The molecule has 0 fully saturated rings. The largest absolute Gasteiger partial charge is 0.483 e. The summed E-state index contributed by atoms with van der Waals surface area (Å²) in [7, 11) is 0. The van der Waals surface area contributed by atoms with E-state index in [1.54, 1.807) is 30.3 Å². The minimum absolute atomic E-state index is 0.0367. The predicted molar refractivity (Wildman–Crippen MR) is 114 cm³/mol. The zero-order valence-electron chi connectivity index (χ0n) is 15.9. The number of nitrogens with zero attached hydrogens (tertiary/aromatic N) is 2. The molecule has 1 aromatic heterocycles. The first-order valence-corrected chi connectivity index (χ1v) is 9.69. The molecule has 0 radical (unpaired) electrons. The lowest BCUT2D eigenvalue weighted by Gasteiger charge is -2.11. The van der Waals surface area contributed by atoms with Gasteiger partial charge in [-0.2, -0.15) is 4.98 Å². The number of hydrogen-bond donors (Lipinski definition) is 1. The van der Waals surface area contributed by atoms with Crippen molar-refractivity contribution in [3.8, 4) is 5.75 Å². The molecule has 4 rings (SSSR count). The summed E-state index contributed by atoms with van der Waals surface area (Å²) in [6.07, 6.45) is 0.565. The van der Waals surface area contributed by atoms with Crippen LogP contribution in [0.2, 0.25) is 5.02 Å². The second-order valence-electron chi connectivity index (χ2n) is 6.52. The molecular formula is C23H18ClN3O3. The Morgan fingerprint density at radius 1 is 1.00 bits per heavy atom. The number of rotatable bonds is 7. The Morgan fingerprint density at radius 3 is 2.50 bits per heavy atom. The van der Waals surface area contributed by atoms with Gasteiger partial charge in [0.25, 0.3) is 11.8 Å². The Bertz CT molecular complexity index is 1130. The highest BCUT2D eigenvalue weighted by atomic mass is 35.5. The van der Waals surface area contributed by atoms with E-state index in [2.05, 4.69) is 15.5 Å². The average Bonchev–Trinajstić information content (AvgIpc) is 3.21. The van der Waals surface area contributed by atoms with Crippen molar-refractivity contribution >= 4 is 23.2 Å². The topological polar surface area (TPSA) is 77.2 Å². The van der Waals surface area contributed by atoms with Gasteiger partial charge >= 0.3 is 0 Å². The van der Waals surface area contributed by atoms with Crippen LogP contribution >= 0.6 is 11.6 Å². The zero-order valence-corrected chi connectivity index (χ0v) is 16.7. The number of halogens is 1. The van der Waals surface area contributed by atoms with Crippen LogP contribution in [-0.2, 0) is 13.0 Å². The van der Waals surface area contributed by atoms with E-state index >= 15 is 0 Å². The first-order chi connectivity index (χ1) is 14.7. The van der Waals surface area contributed by atoms with Crippen molar-refractivity contribution in [2.24, 2.45) is 0 Å². The average molecular weight is 420 g/mol. The summed E-state index contributed by atoms with van der Waals surface area (Å²) in [6.45, 7) is 0.0367. The molecule has 1 N–H and O–H groups in total.